The summed E-state index contributed by atoms with van der Waals surface area (Å²) < 4.78 is 50.6. The van der Waals surface area contributed by atoms with Crippen LogP contribution in [0.15, 0.2) is 66.8 Å². The Morgan fingerprint density at radius 3 is 2.35 bits per heavy atom. The fourth-order valence-corrected chi connectivity index (χ4v) is 4.30. The number of anilines is 1. The molecule has 3 aromatic rings. The van der Waals surface area contributed by atoms with Crippen molar-refractivity contribution in [3.8, 4) is 17.2 Å². The van der Waals surface area contributed by atoms with Crippen molar-refractivity contribution in [3.05, 3.63) is 105 Å². The number of halogens is 3. The Kier molecular flexibility index (Phi) is 8.37. The number of allylic oxidation sites excluding steroid dienone is 1. The second-order valence-corrected chi connectivity index (χ2v) is 9.47. The van der Waals surface area contributed by atoms with Crippen molar-refractivity contribution in [2.75, 3.05) is 12.0 Å². The number of aryl methyl sites for hydroxylation is 2. The smallest absolute Gasteiger partial charge is 0.416 e. The SMILES string of the molecule is C=CCc1cc(/C=C2\C(=O)NC(=O)N(c3ccc(C)c(C)c3)C2=O)cc(OC)c1Oc1ccc(C(F)(F)F)cc1[N+](=O)[O-]. The number of carbonyl (C=O) groups excluding carboxylic acids is 3. The summed E-state index contributed by atoms with van der Waals surface area (Å²) in [7, 11) is 1.26. The third-order valence-electron chi connectivity index (χ3n) is 6.59. The Morgan fingerprint density at radius 2 is 1.74 bits per heavy atom. The summed E-state index contributed by atoms with van der Waals surface area (Å²) in [5.41, 5.74) is 0.0856. The van der Waals surface area contributed by atoms with Crippen LogP contribution in [0.2, 0.25) is 0 Å². The molecule has 1 fully saturated rings. The number of alkyl halides is 3. The van der Waals surface area contributed by atoms with Gasteiger partial charge in [-0.3, -0.25) is 25.0 Å². The lowest BCUT2D eigenvalue weighted by Crippen LogP contribution is -2.54. The molecule has 0 aliphatic carbocycles. The summed E-state index contributed by atoms with van der Waals surface area (Å²) in [5, 5.41) is 13.7. The first-order valence-corrected chi connectivity index (χ1v) is 12.6. The number of nitrogens with one attached hydrogen (secondary N) is 1. The number of imide groups is 2. The largest absolute Gasteiger partial charge is 0.493 e. The van der Waals surface area contributed by atoms with Gasteiger partial charge in [-0.15, -0.1) is 6.58 Å². The Hall–Kier alpha value is -5.46. The van der Waals surface area contributed by atoms with Crippen molar-refractivity contribution in [1.29, 1.82) is 0 Å². The van der Waals surface area contributed by atoms with Gasteiger partial charge in [-0.1, -0.05) is 12.1 Å². The fraction of sp³-hybridized carbons (Fsp3) is 0.167. The molecule has 0 radical (unpaired) electrons. The summed E-state index contributed by atoms with van der Waals surface area (Å²) in [6.45, 7) is 7.34. The van der Waals surface area contributed by atoms with Crippen LogP contribution in [-0.4, -0.2) is 29.9 Å². The lowest BCUT2D eigenvalue weighted by molar-refractivity contribution is -0.385. The quantitative estimate of drug-likeness (QED) is 0.105. The van der Waals surface area contributed by atoms with E-state index >= 15 is 0 Å². The van der Waals surface area contributed by atoms with Gasteiger partial charge >= 0.3 is 17.9 Å². The van der Waals surface area contributed by atoms with Crippen LogP contribution in [0.1, 0.15) is 27.8 Å². The average Bonchev–Trinajstić information content (AvgIpc) is 2.93. The molecule has 1 saturated heterocycles. The molecule has 4 rings (SSSR count). The standard InChI is InChI=1S/C30H24F3N3O7/c1-5-6-19-12-18(13-22-27(37)34-29(39)35(28(22)38)21-9-7-16(2)17(3)11-21)14-25(42-4)26(19)43-24-10-8-20(30(31,32)33)15-23(24)36(40)41/h5,7-15H,1,6H2,2-4H3,(H,34,37,39)/b22-13+. The summed E-state index contributed by atoms with van der Waals surface area (Å²) in [4.78, 5) is 50.1. The van der Waals surface area contributed by atoms with Crippen molar-refractivity contribution < 1.29 is 42.0 Å². The first-order chi connectivity index (χ1) is 20.2. The van der Waals surface area contributed by atoms with E-state index in [0.717, 1.165) is 22.1 Å². The van der Waals surface area contributed by atoms with E-state index in [9.17, 15) is 37.7 Å². The van der Waals surface area contributed by atoms with Gasteiger partial charge in [0.15, 0.2) is 11.5 Å². The Bertz CT molecular complexity index is 1710. The first kappa shape index (κ1) is 30.5. The Morgan fingerprint density at radius 1 is 1.02 bits per heavy atom. The van der Waals surface area contributed by atoms with E-state index in [-0.39, 0.29) is 34.7 Å². The van der Waals surface area contributed by atoms with Gasteiger partial charge < -0.3 is 9.47 Å². The van der Waals surface area contributed by atoms with Gasteiger partial charge in [-0.2, -0.15) is 13.2 Å². The van der Waals surface area contributed by atoms with Crippen LogP contribution < -0.4 is 19.7 Å². The molecule has 0 spiro atoms. The third-order valence-corrected chi connectivity index (χ3v) is 6.59. The number of carbonyl (C=O) groups is 3. The second kappa shape index (κ2) is 11.8. The second-order valence-electron chi connectivity index (χ2n) is 9.47. The minimum absolute atomic E-state index is 0.00819. The molecule has 0 bridgehead atoms. The first-order valence-electron chi connectivity index (χ1n) is 12.6. The highest BCUT2D eigenvalue weighted by atomic mass is 19.4. The number of hydrogen-bond donors (Lipinski definition) is 1. The number of amides is 4. The van der Waals surface area contributed by atoms with Gasteiger partial charge in [-0.25, -0.2) is 9.69 Å². The van der Waals surface area contributed by atoms with Gasteiger partial charge in [-0.05, 0) is 79.4 Å². The number of rotatable bonds is 8. The number of urea groups is 1. The van der Waals surface area contributed by atoms with E-state index in [4.69, 9.17) is 9.47 Å². The molecule has 0 saturated carbocycles. The molecule has 1 N–H and O–H groups in total. The van der Waals surface area contributed by atoms with Gasteiger partial charge in [0.1, 0.15) is 5.57 Å². The van der Waals surface area contributed by atoms with Gasteiger partial charge in [0.25, 0.3) is 11.8 Å². The predicted octanol–water partition coefficient (Wildman–Crippen LogP) is 6.43. The monoisotopic (exact) mass is 595 g/mol. The minimum Gasteiger partial charge on any atom is -0.493 e. The maximum atomic E-state index is 13.4. The number of barbiturate groups is 1. The lowest BCUT2D eigenvalue weighted by atomic mass is 10.0. The van der Waals surface area contributed by atoms with Crippen LogP contribution in [0, 0.1) is 24.0 Å². The molecule has 3 aromatic carbocycles. The van der Waals surface area contributed by atoms with E-state index in [0.29, 0.717) is 17.7 Å². The number of methoxy groups -OCH3 is 1. The molecule has 1 aliphatic rings. The Balaban J connectivity index is 1.78. The molecule has 13 heteroatoms. The number of nitro benzene ring substituents is 1. The minimum atomic E-state index is -4.81. The zero-order valence-electron chi connectivity index (χ0n) is 23.1. The van der Waals surface area contributed by atoms with Crippen molar-refractivity contribution in [2.24, 2.45) is 0 Å². The van der Waals surface area contributed by atoms with Crippen LogP contribution in [0.25, 0.3) is 6.08 Å². The molecule has 1 heterocycles. The van der Waals surface area contributed by atoms with Crippen LogP contribution in [0.3, 0.4) is 0 Å². The summed E-state index contributed by atoms with van der Waals surface area (Å²) in [5.74, 6) is -2.34. The zero-order chi connectivity index (χ0) is 31.6. The van der Waals surface area contributed by atoms with E-state index in [2.05, 4.69) is 11.9 Å². The molecular formula is C30H24F3N3O7. The van der Waals surface area contributed by atoms with E-state index in [1.807, 2.05) is 13.8 Å². The van der Waals surface area contributed by atoms with Gasteiger partial charge in [0.05, 0.1) is 23.3 Å². The van der Waals surface area contributed by atoms with Gasteiger partial charge in [0.2, 0.25) is 5.75 Å². The van der Waals surface area contributed by atoms with E-state index < -0.39 is 45.9 Å². The predicted molar refractivity (Wildman–Crippen MR) is 150 cm³/mol. The zero-order valence-corrected chi connectivity index (χ0v) is 23.1. The number of benzene rings is 3. The Labute approximate surface area is 243 Å². The number of ether oxygens (including phenoxy) is 2. The maximum absolute atomic E-state index is 13.4. The highest BCUT2D eigenvalue weighted by Gasteiger charge is 2.37. The summed E-state index contributed by atoms with van der Waals surface area (Å²) in [6, 6.07) is 8.72. The highest BCUT2D eigenvalue weighted by molar-refractivity contribution is 6.39. The fourth-order valence-electron chi connectivity index (χ4n) is 4.30. The normalized spacial score (nSPS) is 14.5. The number of hydrogen-bond acceptors (Lipinski definition) is 7. The van der Waals surface area contributed by atoms with Gasteiger partial charge in [0, 0.05) is 11.6 Å². The summed E-state index contributed by atoms with van der Waals surface area (Å²) >= 11 is 0. The van der Waals surface area contributed by atoms with Crippen LogP contribution in [0.4, 0.5) is 29.3 Å². The summed E-state index contributed by atoms with van der Waals surface area (Å²) in [6.07, 6.45) is -2.01. The number of nitrogens with zero attached hydrogens (tertiary/aromatic N) is 2. The molecule has 1 aliphatic heterocycles. The molecule has 4 amide bonds. The molecule has 10 nitrogen and oxygen atoms in total. The highest BCUT2D eigenvalue weighted by Crippen LogP contribution is 2.42. The molecule has 43 heavy (non-hydrogen) atoms. The topological polar surface area (TPSA) is 128 Å². The molecule has 222 valence electrons. The lowest BCUT2D eigenvalue weighted by Gasteiger charge is -2.27. The van der Waals surface area contributed by atoms with Crippen LogP contribution >= 0.6 is 0 Å². The van der Waals surface area contributed by atoms with E-state index in [1.165, 1.54) is 31.4 Å². The average molecular weight is 596 g/mol. The molecular weight excluding hydrogens is 571 g/mol. The molecule has 0 unspecified atom stereocenters. The third kappa shape index (κ3) is 6.25. The van der Waals surface area contributed by atoms with Crippen molar-refractivity contribution in [1.82, 2.24) is 5.32 Å². The van der Waals surface area contributed by atoms with Crippen LogP contribution in [-0.2, 0) is 22.2 Å². The van der Waals surface area contributed by atoms with Crippen molar-refractivity contribution in [3.63, 3.8) is 0 Å². The maximum Gasteiger partial charge on any atom is 0.416 e. The molecule has 0 aromatic heterocycles. The van der Waals surface area contributed by atoms with E-state index in [1.54, 1.807) is 18.2 Å². The molecule has 0 atom stereocenters. The van der Waals surface area contributed by atoms with Crippen LogP contribution in [0.5, 0.6) is 17.2 Å². The van der Waals surface area contributed by atoms with Crippen molar-refractivity contribution in [2.45, 2.75) is 26.4 Å². The van der Waals surface area contributed by atoms with Crippen molar-refractivity contribution >= 4 is 35.3 Å². The number of nitro groups is 1.